The summed E-state index contributed by atoms with van der Waals surface area (Å²) in [7, 11) is 0. The van der Waals surface area contributed by atoms with Crippen LogP contribution in [0.15, 0.2) is 170 Å². The maximum absolute atomic E-state index is 13.8. The monoisotopic (exact) mass is 1250 g/mol. The fraction of sp³-hybridized carbons (Fsp3) is 0.138. The number of carbonyl (C=O) groups excluding carboxylic acids is 6. The maximum atomic E-state index is 13.8. The lowest BCUT2D eigenvalue weighted by molar-refractivity contribution is -0.150. The molecule has 0 aliphatic carbocycles. The van der Waals surface area contributed by atoms with Crippen LogP contribution < -0.4 is 11.1 Å². The quantitative estimate of drug-likeness (QED) is 0.0338. The Balaban J connectivity index is 0.000000214. The van der Waals surface area contributed by atoms with Gasteiger partial charge >= 0.3 is 11.9 Å². The molecule has 0 fully saturated rings. The number of halogens is 9. The third-order valence-corrected chi connectivity index (χ3v) is 13.0. The molecule has 0 heterocycles. The van der Waals surface area contributed by atoms with Crippen molar-refractivity contribution >= 4 is 56.9 Å². The minimum absolute atomic E-state index is 0.0174. The van der Waals surface area contributed by atoms with E-state index in [4.69, 9.17) is 15.6 Å². The molecule has 2 unspecified atom stereocenters. The van der Waals surface area contributed by atoms with E-state index < -0.39 is 121 Å². The average Bonchev–Trinajstić information content (AvgIpc) is 3.66. The number of aliphatic carboxylic acids is 1. The van der Waals surface area contributed by atoms with Crippen molar-refractivity contribution in [1.82, 2.24) is 5.32 Å². The van der Waals surface area contributed by atoms with Crippen molar-refractivity contribution in [3.05, 3.63) is 283 Å². The Hall–Kier alpha value is -9.78. The van der Waals surface area contributed by atoms with E-state index in [0.29, 0.717) is 16.5 Å². The summed E-state index contributed by atoms with van der Waals surface area (Å²) < 4.78 is 113. The van der Waals surface area contributed by atoms with Crippen molar-refractivity contribution in [2.45, 2.75) is 50.5 Å². The predicted octanol–water partition coefficient (Wildman–Crippen LogP) is 12.4. The zero-order chi connectivity index (χ0) is 63.4. The number of carboxylic acid groups (broad SMARTS) is 1. The van der Waals surface area contributed by atoms with Gasteiger partial charge in [-0.25, -0.2) is 39.9 Å². The van der Waals surface area contributed by atoms with Crippen molar-refractivity contribution in [2.75, 3.05) is 6.61 Å². The van der Waals surface area contributed by atoms with Crippen LogP contribution in [0.4, 0.5) is 35.1 Å². The van der Waals surface area contributed by atoms with Crippen molar-refractivity contribution < 1.29 is 78.5 Å². The fourth-order valence-electron chi connectivity index (χ4n) is 7.94. The second-order valence-electron chi connectivity index (χ2n) is 18.5. The number of aryl methyl sites for hydroxylation is 1. The van der Waals surface area contributed by atoms with Crippen molar-refractivity contribution in [2.24, 2.45) is 5.73 Å². The van der Waals surface area contributed by atoms with E-state index in [0.717, 1.165) is 72.6 Å². The first kappa shape index (κ1) is 67.0. The number of ether oxygens (including phenoxy) is 1. The summed E-state index contributed by atoms with van der Waals surface area (Å²) in [5.41, 5.74) is 4.86. The van der Waals surface area contributed by atoms with Crippen molar-refractivity contribution in [1.29, 1.82) is 5.26 Å². The van der Waals surface area contributed by atoms with Crippen LogP contribution in [-0.2, 0) is 37.3 Å². The molecule has 4 N–H and O–H groups in total. The van der Waals surface area contributed by atoms with Gasteiger partial charge in [-0.1, -0.05) is 143 Å². The van der Waals surface area contributed by atoms with Gasteiger partial charge in [0.15, 0.2) is 23.1 Å². The number of rotatable bonds is 17. The van der Waals surface area contributed by atoms with Crippen LogP contribution in [0.2, 0.25) is 0 Å². The molecule has 12 nitrogen and oxygen atoms in total. The summed E-state index contributed by atoms with van der Waals surface area (Å²) in [6, 6.07) is 38.3. The van der Waals surface area contributed by atoms with Gasteiger partial charge in [-0.15, -0.1) is 0 Å². The standard InChI is InChI=1S/C21H18F2N2O4.C16H13F2NO3.C14H9BrF2O.C14H10F2O/c1-3-29-20(28)21(12-24,25-13(2)26)11-14-7-9-15(10-8-14)19(27)18-16(22)5-4-6-17(18)23;17-11-2-1-3-12(18)14(11)15(20)10-6-4-9(5-7-10)8-13(19)16(21)22;15-8-9-4-6-10(7-5-9)14(18)13-11(16)2-1-3-12(13)17;1-9-5-7-10(8-6-9)14(17)13-11(15)3-2-4-12(13)16/h4-10H,3,11H2,1-2H3,(H,25,26);1-7,13H,8,19H2,(H,21,22);1-7H,8H2;2-8H,1H3. The second kappa shape index (κ2) is 31.2. The van der Waals surface area contributed by atoms with Gasteiger partial charge in [0.2, 0.25) is 11.4 Å². The van der Waals surface area contributed by atoms with E-state index in [9.17, 15) is 73.9 Å². The molecule has 0 aromatic heterocycles. The van der Waals surface area contributed by atoms with Gasteiger partial charge in [0, 0.05) is 40.9 Å². The number of amides is 1. The zero-order valence-electron chi connectivity index (χ0n) is 45.7. The Morgan fingerprint density at radius 1 is 0.523 bits per heavy atom. The van der Waals surface area contributed by atoms with Crippen molar-refractivity contribution in [3.63, 3.8) is 0 Å². The number of nitriles is 1. The molecular formula is C65H50BrF8N3O9. The number of nitrogens with one attached hydrogen (secondary N) is 1. The van der Waals surface area contributed by atoms with E-state index in [1.807, 2.05) is 6.92 Å². The highest BCUT2D eigenvalue weighted by molar-refractivity contribution is 9.08. The topological polar surface area (TPSA) is 211 Å². The van der Waals surface area contributed by atoms with Crippen LogP contribution in [0.5, 0.6) is 0 Å². The summed E-state index contributed by atoms with van der Waals surface area (Å²) in [5, 5.41) is 21.2. The number of benzene rings is 8. The van der Waals surface area contributed by atoms with E-state index in [1.54, 1.807) is 61.5 Å². The average molecular weight is 1250 g/mol. The predicted molar refractivity (Wildman–Crippen MR) is 304 cm³/mol. The molecule has 1 amide bonds. The number of esters is 1. The van der Waals surface area contributed by atoms with Crippen LogP contribution in [0.3, 0.4) is 0 Å². The fourth-order valence-corrected chi connectivity index (χ4v) is 8.31. The maximum Gasteiger partial charge on any atom is 0.347 e. The smallest absolute Gasteiger partial charge is 0.347 e. The van der Waals surface area contributed by atoms with Crippen LogP contribution >= 0.6 is 15.9 Å². The van der Waals surface area contributed by atoms with Crippen LogP contribution in [-0.4, -0.2) is 64.3 Å². The Morgan fingerprint density at radius 2 is 0.814 bits per heavy atom. The van der Waals surface area contributed by atoms with Gasteiger partial charge in [-0.05, 0) is 85.5 Å². The number of nitrogens with zero attached hydrogens (tertiary/aromatic N) is 1. The molecule has 8 aromatic carbocycles. The van der Waals surface area contributed by atoms with Gasteiger partial charge in [0.1, 0.15) is 58.6 Å². The summed E-state index contributed by atoms with van der Waals surface area (Å²) in [4.78, 5) is 82.9. The summed E-state index contributed by atoms with van der Waals surface area (Å²) >= 11 is 3.28. The van der Waals surface area contributed by atoms with Crippen LogP contribution in [0, 0.1) is 64.8 Å². The van der Waals surface area contributed by atoms with E-state index >= 15 is 0 Å². The summed E-state index contributed by atoms with van der Waals surface area (Å²) in [6.45, 7) is 4.62. The third-order valence-electron chi connectivity index (χ3n) is 12.3. The number of alkyl halides is 1. The van der Waals surface area contributed by atoms with E-state index in [1.165, 1.54) is 66.7 Å². The van der Waals surface area contributed by atoms with Crippen molar-refractivity contribution in [3.8, 4) is 6.07 Å². The first-order chi connectivity index (χ1) is 40.9. The van der Waals surface area contributed by atoms with Gasteiger partial charge < -0.3 is 20.9 Å². The van der Waals surface area contributed by atoms with Crippen LogP contribution in [0.25, 0.3) is 0 Å². The Bertz CT molecular complexity index is 3740. The molecule has 8 rings (SSSR count). The first-order valence-electron chi connectivity index (χ1n) is 25.6. The third kappa shape index (κ3) is 17.6. The number of nitrogens with two attached hydrogens (primary N) is 1. The normalized spacial score (nSPS) is 11.4. The Kier molecular flexibility index (Phi) is 24.3. The van der Waals surface area contributed by atoms with Crippen LogP contribution in [0.1, 0.15) is 99.8 Å². The van der Waals surface area contributed by atoms with E-state index in [2.05, 4.69) is 21.2 Å². The molecule has 21 heteroatoms. The molecule has 0 radical (unpaired) electrons. The van der Waals surface area contributed by atoms with Gasteiger partial charge in [0.05, 0.1) is 28.9 Å². The molecule has 8 aromatic rings. The highest BCUT2D eigenvalue weighted by Gasteiger charge is 2.42. The van der Waals surface area contributed by atoms with Gasteiger partial charge in [0.25, 0.3) is 0 Å². The lowest BCUT2D eigenvalue weighted by atomic mass is 9.91. The number of carboxylic acids is 1. The number of carbonyl (C=O) groups is 7. The molecule has 0 aliphatic heterocycles. The largest absolute Gasteiger partial charge is 0.480 e. The molecule has 86 heavy (non-hydrogen) atoms. The second-order valence-corrected chi connectivity index (χ2v) is 19.1. The molecule has 2 atom stereocenters. The molecule has 442 valence electrons. The molecule has 0 saturated heterocycles. The Morgan fingerprint density at radius 3 is 1.08 bits per heavy atom. The summed E-state index contributed by atoms with van der Waals surface area (Å²) in [5.74, 6) is -12.7. The lowest BCUT2D eigenvalue weighted by Gasteiger charge is -2.25. The SMILES string of the molecule is CCOC(=O)C(C#N)(Cc1ccc(C(=O)c2c(F)cccc2F)cc1)NC(C)=O.Cc1ccc(C(=O)c2c(F)cccc2F)cc1.NC(Cc1ccc(C(=O)c2c(F)cccc2F)cc1)C(=O)O.O=C(c1ccc(CBr)cc1)c1c(F)cccc1F. The first-order valence-corrected chi connectivity index (χ1v) is 26.7. The summed E-state index contributed by atoms with van der Waals surface area (Å²) in [6.07, 6.45) is -0.123. The van der Waals surface area contributed by atoms with E-state index in [-0.39, 0.29) is 41.7 Å². The number of ketones is 4. The molecule has 0 aliphatic rings. The molecule has 0 spiro atoms. The highest BCUT2D eigenvalue weighted by Crippen LogP contribution is 2.24. The lowest BCUT2D eigenvalue weighted by Crippen LogP contribution is -2.55. The minimum atomic E-state index is -1.94. The number of hydrogen-bond acceptors (Lipinski definition) is 10. The van der Waals surface area contributed by atoms with Gasteiger partial charge in [-0.3, -0.25) is 28.8 Å². The zero-order valence-corrected chi connectivity index (χ0v) is 47.3. The molecule has 0 saturated carbocycles. The molecular weight excluding hydrogens is 1200 g/mol. The molecule has 0 bridgehead atoms. The number of hydrogen-bond donors (Lipinski definition) is 3. The highest BCUT2D eigenvalue weighted by atomic mass is 79.9. The van der Waals surface area contributed by atoms with Gasteiger partial charge in [-0.2, -0.15) is 5.26 Å². The minimum Gasteiger partial charge on any atom is -0.480 e. The Labute approximate surface area is 496 Å².